The van der Waals surface area contributed by atoms with Gasteiger partial charge in [0.25, 0.3) is 11.6 Å². The fourth-order valence-corrected chi connectivity index (χ4v) is 2.65. The number of non-ortho nitro benzene ring substituents is 1. The lowest BCUT2D eigenvalue weighted by atomic mass is 10.1. The van der Waals surface area contributed by atoms with Crippen LogP contribution in [0.1, 0.15) is 29.6 Å². The number of aromatic nitrogens is 2. The average molecular weight is 330 g/mol. The van der Waals surface area contributed by atoms with Gasteiger partial charge in [-0.25, -0.2) is 0 Å². The van der Waals surface area contributed by atoms with Crippen molar-refractivity contribution >= 4 is 17.3 Å². The molecule has 1 aromatic heterocycles. The predicted octanol–water partition coefficient (Wildman–Crippen LogP) is 2.61. The third-order valence-electron chi connectivity index (χ3n) is 3.87. The fraction of sp³-hybridized carbons (Fsp3) is 0.375. The molecular formula is C16H18N4O4. The van der Waals surface area contributed by atoms with Crippen molar-refractivity contribution < 1.29 is 14.5 Å². The van der Waals surface area contributed by atoms with Gasteiger partial charge in [0.2, 0.25) is 0 Å². The zero-order valence-corrected chi connectivity index (χ0v) is 13.1. The van der Waals surface area contributed by atoms with Gasteiger partial charge in [-0.1, -0.05) is 6.07 Å². The Morgan fingerprint density at radius 1 is 1.46 bits per heavy atom. The van der Waals surface area contributed by atoms with E-state index in [4.69, 9.17) is 4.74 Å². The van der Waals surface area contributed by atoms with Gasteiger partial charge >= 0.3 is 0 Å². The number of hydrogen-bond donors (Lipinski definition) is 1. The molecule has 1 saturated heterocycles. The summed E-state index contributed by atoms with van der Waals surface area (Å²) in [6.45, 7) is 1.43. The monoisotopic (exact) mass is 330 g/mol. The van der Waals surface area contributed by atoms with Crippen LogP contribution in [-0.4, -0.2) is 33.3 Å². The molecule has 0 spiro atoms. The Bertz CT molecular complexity index is 737. The Hall–Kier alpha value is -2.74. The summed E-state index contributed by atoms with van der Waals surface area (Å²) < 4.78 is 7.40. The maximum absolute atomic E-state index is 12.2. The van der Waals surface area contributed by atoms with Crippen molar-refractivity contribution in [1.29, 1.82) is 0 Å². The van der Waals surface area contributed by atoms with Gasteiger partial charge in [0.15, 0.2) is 0 Å². The van der Waals surface area contributed by atoms with Crippen LogP contribution in [-0.2, 0) is 11.3 Å². The lowest BCUT2D eigenvalue weighted by Crippen LogP contribution is -2.24. The summed E-state index contributed by atoms with van der Waals surface area (Å²) in [5.74, 6) is -0.410. The largest absolute Gasteiger partial charge is 0.376 e. The molecule has 1 N–H and O–H groups in total. The molecule has 8 heteroatoms. The van der Waals surface area contributed by atoms with Crippen molar-refractivity contribution in [2.45, 2.75) is 31.9 Å². The van der Waals surface area contributed by atoms with Crippen molar-refractivity contribution in [2.75, 3.05) is 11.9 Å². The molecule has 1 atom stereocenters. The number of carbonyl (C=O) groups excluding carboxylic acids is 1. The number of ether oxygens (including phenoxy) is 1. The highest BCUT2D eigenvalue weighted by atomic mass is 16.6. The molecule has 0 saturated carbocycles. The SMILES string of the molecule is O=C(Nc1cnn(CC2CCCCO2)c1)c1cccc([N+](=O)[O-])c1. The first kappa shape index (κ1) is 16.1. The summed E-state index contributed by atoms with van der Waals surface area (Å²) in [5, 5.41) is 17.7. The van der Waals surface area contributed by atoms with Gasteiger partial charge in [-0.3, -0.25) is 19.6 Å². The molecule has 2 aromatic rings. The van der Waals surface area contributed by atoms with Crippen molar-refractivity contribution in [3.63, 3.8) is 0 Å². The van der Waals surface area contributed by atoms with Gasteiger partial charge in [0.1, 0.15) is 0 Å². The van der Waals surface area contributed by atoms with Crippen LogP contribution < -0.4 is 5.32 Å². The average Bonchev–Trinajstić information content (AvgIpc) is 3.02. The molecule has 0 aliphatic carbocycles. The van der Waals surface area contributed by atoms with E-state index in [1.807, 2.05) is 0 Å². The number of nitrogens with zero attached hydrogens (tertiary/aromatic N) is 3. The number of nitro groups is 1. The second kappa shape index (κ2) is 7.22. The van der Waals surface area contributed by atoms with Crippen LogP contribution in [0.3, 0.4) is 0 Å². The fourth-order valence-electron chi connectivity index (χ4n) is 2.65. The molecule has 1 aromatic carbocycles. The summed E-state index contributed by atoms with van der Waals surface area (Å²) in [5.41, 5.74) is 0.655. The summed E-state index contributed by atoms with van der Waals surface area (Å²) >= 11 is 0. The topological polar surface area (TPSA) is 99.3 Å². The number of hydrogen-bond acceptors (Lipinski definition) is 5. The van der Waals surface area contributed by atoms with Crippen LogP contribution in [0.5, 0.6) is 0 Å². The van der Waals surface area contributed by atoms with Crippen LogP contribution in [0.4, 0.5) is 11.4 Å². The third kappa shape index (κ3) is 3.96. The molecule has 3 rings (SSSR count). The summed E-state index contributed by atoms with van der Waals surface area (Å²) in [6, 6.07) is 5.61. The van der Waals surface area contributed by atoms with E-state index in [0.717, 1.165) is 25.9 Å². The Kier molecular flexibility index (Phi) is 4.85. The summed E-state index contributed by atoms with van der Waals surface area (Å²) in [4.78, 5) is 22.4. The van der Waals surface area contributed by atoms with Gasteiger partial charge in [0, 0.05) is 30.5 Å². The highest BCUT2D eigenvalue weighted by molar-refractivity contribution is 6.04. The standard InChI is InChI=1S/C16H18N4O4/c21-16(12-4-3-5-14(8-12)20(22)23)18-13-9-17-19(10-13)11-15-6-1-2-7-24-15/h3-5,8-10,15H,1-2,6-7,11H2,(H,18,21). The van der Waals surface area contributed by atoms with Crippen molar-refractivity contribution in [3.05, 3.63) is 52.3 Å². The zero-order valence-electron chi connectivity index (χ0n) is 13.1. The van der Waals surface area contributed by atoms with E-state index in [2.05, 4.69) is 10.4 Å². The van der Waals surface area contributed by atoms with Crippen molar-refractivity contribution in [1.82, 2.24) is 9.78 Å². The van der Waals surface area contributed by atoms with E-state index < -0.39 is 10.8 Å². The van der Waals surface area contributed by atoms with E-state index in [0.29, 0.717) is 12.2 Å². The van der Waals surface area contributed by atoms with Crippen LogP contribution in [0.25, 0.3) is 0 Å². The van der Waals surface area contributed by atoms with E-state index in [9.17, 15) is 14.9 Å². The molecule has 1 fully saturated rings. The second-order valence-electron chi connectivity index (χ2n) is 5.70. The normalized spacial score (nSPS) is 17.4. The number of rotatable bonds is 5. The lowest BCUT2D eigenvalue weighted by molar-refractivity contribution is -0.384. The van der Waals surface area contributed by atoms with Crippen LogP contribution in [0.15, 0.2) is 36.7 Å². The number of anilines is 1. The lowest BCUT2D eigenvalue weighted by Gasteiger charge is -2.22. The quantitative estimate of drug-likeness (QED) is 0.671. The molecule has 2 heterocycles. The first-order valence-electron chi connectivity index (χ1n) is 7.82. The summed E-state index contributed by atoms with van der Waals surface area (Å²) in [6.07, 6.45) is 6.70. The Labute approximate surface area is 138 Å². The first-order chi connectivity index (χ1) is 11.6. The van der Waals surface area contributed by atoms with E-state index in [1.54, 1.807) is 17.1 Å². The smallest absolute Gasteiger partial charge is 0.270 e. The molecule has 0 bridgehead atoms. The van der Waals surface area contributed by atoms with Gasteiger partial charge in [-0.2, -0.15) is 5.10 Å². The van der Waals surface area contributed by atoms with Gasteiger partial charge in [-0.15, -0.1) is 0 Å². The molecule has 1 aliphatic rings. The molecule has 1 amide bonds. The highest BCUT2D eigenvalue weighted by Crippen LogP contribution is 2.17. The second-order valence-corrected chi connectivity index (χ2v) is 5.70. The van der Waals surface area contributed by atoms with Crippen LogP contribution in [0.2, 0.25) is 0 Å². The van der Waals surface area contributed by atoms with E-state index >= 15 is 0 Å². The Morgan fingerprint density at radius 2 is 2.33 bits per heavy atom. The number of nitrogens with one attached hydrogen (secondary N) is 1. The Morgan fingerprint density at radius 3 is 3.08 bits per heavy atom. The maximum atomic E-state index is 12.2. The van der Waals surface area contributed by atoms with E-state index in [1.165, 1.54) is 24.3 Å². The zero-order chi connectivity index (χ0) is 16.9. The third-order valence-corrected chi connectivity index (χ3v) is 3.87. The molecular weight excluding hydrogens is 312 g/mol. The number of nitro benzene ring substituents is 1. The predicted molar refractivity (Wildman–Crippen MR) is 86.9 cm³/mol. The molecule has 24 heavy (non-hydrogen) atoms. The summed E-state index contributed by atoms with van der Waals surface area (Å²) in [7, 11) is 0. The van der Waals surface area contributed by atoms with E-state index in [-0.39, 0.29) is 17.4 Å². The highest BCUT2D eigenvalue weighted by Gasteiger charge is 2.16. The maximum Gasteiger partial charge on any atom is 0.270 e. The van der Waals surface area contributed by atoms with Gasteiger partial charge in [0.05, 0.1) is 29.5 Å². The minimum absolute atomic E-state index is 0.118. The van der Waals surface area contributed by atoms with Crippen LogP contribution >= 0.6 is 0 Å². The molecule has 1 aliphatic heterocycles. The van der Waals surface area contributed by atoms with Crippen LogP contribution in [0, 0.1) is 10.1 Å². The van der Waals surface area contributed by atoms with Crippen molar-refractivity contribution in [3.8, 4) is 0 Å². The number of amides is 1. The minimum atomic E-state index is -0.529. The van der Waals surface area contributed by atoms with Crippen molar-refractivity contribution in [2.24, 2.45) is 0 Å². The molecule has 126 valence electrons. The molecule has 0 radical (unpaired) electrons. The first-order valence-corrected chi connectivity index (χ1v) is 7.82. The minimum Gasteiger partial charge on any atom is -0.376 e. The number of benzene rings is 1. The van der Waals surface area contributed by atoms with Gasteiger partial charge < -0.3 is 10.1 Å². The number of carbonyl (C=O) groups is 1. The molecule has 1 unspecified atom stereocenters. The molecule has 8 nitrogen and oxygen atoms in total. The Balaban J connectivity index is 1.62. The van der Waals surface area contributed by atoms with Gasteiger partial charge in [-0.05, 0) is 25.3 Å².